The molecule has 1 heterocycles. The average molecular weight is 246 g/mol. The Bertz CT molecular complexity index is 536. The maximum absolute atomic E-state index is 11.7. The molecule has 1 aromatic rings. The quantitative estimate of drug-likeness (QED) is 0.799. The zero-order valence-corrected chi connectivity index (χ0v) is 9.18. The predicted octanol–water partition coefficient (Wildman–Crippen LogP) is 1.36. The Morgan fingerprint density at radius 3 is 2.80 bits per heavy atom. The molecule has 80 valence electrons. The second-order valence-corrected chi connectivity index (χ2v) is 5.28. The van der Waals surface area contributed by atoms with E-state index in [-0.39, 0.29) is 11.5 Å². The van der Waals surface area contributed by atoms with E-state index in [9.17, 15) is 8.42 Å². The molecule has 2 N–H and O–H groups in total. The molecule has 15 heavy (non-hydrogen) atoms. The lowest BCUT2D eigenvalue weighted by Crippen LogP contribution is -2.02. The first-order valence-electron chi connectivity index (χ1n) is 4.12. The van der Waals surface area contributed by atoms with E-state index in [4.69, 9.17) is 17.5 Å². The number of nitrogens with two attached hydrogens (primary N) is 1. The van der Waals surface area contributed by atoms with E-state index < -0.39 is 9.84 Å². The van der Waals surface area contributed by atoms with Gasteiger partial charge < -0.3 is 0 Å². The average Bonchev–Trinajstić information content (AvgIpc) is 2.41. The number of halogens is 1. The molecule has 0 unspecified atom stereocenters. The molecular formula is C9H8ClNO3S. The minimum absolute atomic E-state index is 0.0238. The molecule has 0 saturated carbocycles. The highest BCUT2D eigenvalue weighted by Gasteiger charge is 2.28. The number of benzene rings is 1. The summed E-state index contributed by atoms with van der Waals surface area (Å²) in [5.41, 5.74) is 0.975. The zero-order chi connectivity index (χ0) is 11.1. The smallest absolute Gasteiger partial charge is 0.200 e. The van der Waals surface area contributed by atoms with E-state index in [0.29, 0.717) is 16.2 Å². The van der Waals surface area contributed by atoms with Crippen LogP contribution in [-0.2, 0) is 14.7 Å². The van der Waals surface area contributed by atoms with Gasteiger partial charge in [-0.25, -0.2) is 14.3 Å². The summed E-state index contributed by atoms with van der Waals surface area (Å²) in [7, 11) is -3.38. The van der Waals surface area contributed by atoms with E-state index >= 15 is 0 Å². The molecule has 0 aromatic heterocycles. The topological polar surface area (TPSA) is 69.4 Å². The third-order valence-electron chi connectivity index (χ3n) is 2.14. The Hall–Kier alpha value is -0.880. The molecule has 0 radical (unpaired) electrons. The summed E-state index contributed by atoms with van der Waals surface area (Å²) in [4.78, 5) is 4.65. The van der Waals surface area contributed by atoms with Crippen LogP contribution in [-0.4, -0.2) is 15.0 Å². The highest BCUT2D eigenvalue weighted by Crippen LogP contribution is 2.37. The Morgan fingerprint density at radius 2 is 2.13 bits per heavy atom. The summed E-state index contributed by atoms with van der Waals surface area (Å²) < 4.78 is 23.3. The lowest BCUT2D eigenvalue weighted by atomic mass is 10.1. The van der Waals surface area contributed by atoms with Crippen molar-refractivity contribution in [3.05, 3.63) is 34.2 Å². The summed E-state index contributed by atoms with van der Waals surface area (Å²) in [6.07, 6.45) is 0. The predicted molar refractivity (Wildman–Crippen MR) is 56.8 cm³/mol. The fraction of sp³-hybridized carbons (Fsp3) is 0.111. The van der Waals surface area contributed by atoms with Crippen LogP contribution in [0.25, 0.3) is 5.57 Å². The van der Waals surface area contributed by atoms with E-state index in [1.165, 1.54) is 6.07 Å². The molecule has 0 bridgehead atoms. The van der Waals surface area contributed by atoms with Crippen LogP contribution in [0, 0.1) is 0 Å². The SMILES string of the molecule is NOCC1=CS(=O)(=O)c2cccc(Cl)c21. The van der Waals surface area contributed by atoms with Crippen molar-refractivity contribution in [2.45, 2.75) is 4.90 Å². The summed E-state index contributed by atoms with van der Waals surface area (Å²) in [6.45, 7) is 0.0238. The van der Waals surface area contributed by atoms with Gasteiger partial charge in [-0.1, -0.05) is 17.7 Å². The van der Waals surface area contributed by atoms with Gasteiger partial charge in [0.2, 0.25) is 9.84 Å². The maximum atomic E-state index is 11.7. The van der Waals surface area contributed by atoms with Crippen molar-refractivity contribution in [2.75, 3.05) is 6.61 Å². The van der Waals surface area contributed by atoms with Crippen molar-refractivity contribution in [3.8, 4) is 0 Å². The summed E-state index contributed by atoms with van der Waals surface area (Å²) in [5, 5.41) is 1.52. The van der Waals surface area contributed by atoms with Gasteiger partial charge in [0, 0.05) is 21.6 Å². The molecule has 1 aliphatic heterocycles. The Balaban J connectivity index is 2.69. The van der Waals surface area contributed by atoms with E-state index in [1.54, 1.807) is 12.1 Å². The minimum Gasteiger partial charge on any atom is -0.300 e. The minimum atomic E-state index is -3.38. The number of hydrogen-bond acceptors (Lipinski definition) is 4. The normalized spacial score (nSPS) is 17.3. The first-order chi connectivity index (χ1) is 7.06. The van der Waals surface area contributed by atoms with Crippen molar-refractivity contribution in [1.82, 2.24) is 0 Å². The van der Waals surface area contributed by atoms with Gasteiger partial charge in [-0.05, 0) is 12.1 Å². The van der Waals surface area contributed by atoms with Crippen LogP contribution < -0.4 is 5.90 Å². The monoisotopic (exact) mass is 245 g/mol. The molecule has 0 spiro atoms. The highest BCUT2D eigenvalue weighted by atomic mass is 35.5. The van der Waals surface area contributed by atoms with E-state index in [2.05, 4.69) is 4.84 Å². The van der Waals surface area contributed by atoms with Gasteiger partial charge in [-0.2, -0.15) is 0 Å². The zero-order valence-electron chi connectivity index (χ0n) is 7.60. The largest absolute Gasteiger partial charge is 0.300 e. The van der Waals surface area contributed by atoms with Crippen LogP contribution in [0.4, 0.5) is 0 Å². The van der Waals surface area contributed by atoms with Crippen LogP contribution in [0.15, 0.2) is 28.5 Å². The molecule has 0 aliphatic carbocycles. The fourth-order valence-electron chi connectivity index (χ4n) is 1.56. The van der Waals surface area contributed by atoms with Crippen molar-refractivity contribution in [3.63, 3.8) is 0 Å². The van der Waals surface area contributed by atoms with Gasteiger partial charge in [0.1, 0.15) is 0 Å². The molecule has 0 saturated heterocycles. The molecule has 0 amide bonds. The Morgan fingerprint density at radius 1 is 1.40 bits per heavy atom. The standard InChI is InChI=1S/C9H8ClNO3S/c10-7-2-1-3-8-9(7)6(4-14-11)5-15(8,12)13/h1-3,5H,4,11H2. The first-order valence-corrected chi connectivity index (χ1v) is 6.05. The Labute approximate surface area is 92.2 Å². The van der Waals surface area contributed by atoms with E-state index in [1.807, 2.05) is 0 Å². The number of fused-ring (bicyclic) bond motifs is 1. The van der Waals surface area contributed by atoms with Crippen LogP contribution in [0.2, 0.25) is 5.02 Å². The third kappa shape index (κ3) is 1.68. The van der Waals surface area contributed by atoms with Gasteiger partial charge in [-0.3, -0.25) is 4.84 Å². The molecular weight excluding hydrogens is 238 g/mol. The van der Waals surface area contributed by atoms with E-state index in [0.717, 1.165) is 5.41 Å². The maximum Gasteiger partial charge on any atom is 0.200 e. The molecule has 6 heteroatoms. The van der Waals surface area contributed by atoms with Crippen LogP contribution in [0.1, 0.15) is 5.56 Å². The summed E-state index contributed by atoms with van der Waals surface area (Å²) in [6, 6.07) is 4.74. The number of hydrogen-bond donors (Lipinski definition) is 1. The Kier molecular flexibility index (Phi) is 2.56. The van der Waals surface area contributed by atoms with Crippen molar-refractivity contribution >= 4 is 27.0 Å². The summed E-state index contributed by atoms with van der Waals surface area (Å²) in [5.74, 6) is 4.93. The van der Waals surface area contributed by atoms with Crippen LogP contribution >= 0.6 is 11.6 Å². The van der Waals surface area contributed by atoms with Gasteiger partial charge in [0.05, 0.1) is 11.5 Å². The van der Waals surface area contributed by atoms with Gasteiger partial charge in [0.25, 0.3) is 0 Å². The molecule has 4 nitrogen and oxygen atoms in total. The second kappa shape index (κ2) is 3.61. The molecule has 1 aliphatic rings. The van der Waals surface area contributed by atoms with Crippen molar-refractivity contribution in [1.29, 1.82) is 0 Å². The second-order valence-electron chi connectivity index (χ2n) is 3.11. The summed E-state index contributed by atoms with van der Waals surface area (Å²) >= 11 is 5.93. The lowest BCUT2D eigenvalue weighted by molar-refractivity contribution is 0.173. The van der Waals surface area contributed by atoms with Gasteiger partial charge in [0.15, 0.2) is 0 Å². The number of sulfone groups is 1. The number of rotatable bonds is 2. The van der Waals surface area contributed by atoms with Gasteiger partial charge >= 0.3 is 0 Å². The van der Waals surface area contributed by atoms with Crippen molar-refractivity contribution in [2.24, 2.45) is 5.90 Å². The lowest BCUT2D eigenvalue weighted by Gasteiger charge is -2.04. The van der Waals surface area contributed by atoms with Crippen LogP contribution in [0.5, 0.6) is 0 Å². The fourth-order valence-corrected chi connectivity index (χ4v) is 3.39. The molecule has 1 aromatic carbocycles. The van der Waals surface area contributed by atoms with Crippen LogP contribution in [0.3, 0.4) is 0 Å². The van der Waals surface area contributed by atoms with Gasteiger partial charge in [-0.15, -0.1) is 0 Å². The highest BCUT2D eigenvalue weighted by molar-refractivity contribution is 7.95. The third-order valence-corrected chi connectivity index (χ3v) is 4.00. The molecule has 0 fully saturated rings. The molecule has 2 rings (SSSR count). The first kappa shape index (κ1) is 10.6. The molecule has 0 atom stereocenters. The van der Waals surface area contributed by atoms with Crippen molar-refractivity contribution < 1.29 is 13.3 Å².